The van der Waals surface area contributed by atoms with Gasteiger partial charge in [-0.25, -0.2) is 0 Å². The lowest BCUT2D eigenvalue weighted by Gasteiger charge is -2.31. The van der Waals surface area contributed by atoms with E-state index in [4.69, 9.17) is 5.73 Å². The molecule has 0 aliphatic heterocycles. The van der Waals surface area contributed by atoms with Gasteiger partial charge < -0.3 is 11.1 Å². The molecular weight excluding hydrogens is 474 g/mol. The van der Waals surface area contributed by atoms with E-state index in [9.17, 15) is 19.2 Å². The average Bonchev–Trinajstić information content (AvgIpc) is 2.84. The van der Waals surface area contributed by atoms with E-state index < -0.39 is 29.8 Å². The molecule has 3 amide bonds. The average molecular weight is 512 g/mol. The Morgan fingerprint density at radius 2 is 1.64 bits per heavy atom. The Kier molecular flexibility index (Phi) is 11.8. The van der Waals surface area contributed by atoms with E-state index in [1.807, 2.05) is 68.4 Å². The first-order chi connectivity index (χ1) is 17.1. The van der Waals surface area contributed by atoms with Crippen molar-refractivity contribution in [2.24, 2.45) is 11.7 Å². The van der Waals surface area contributed by atoms with E-state index in [1.54, 1.807) is 0 Å². The van der Waals surface area contributed by atoms with Gasteiger partial charge in [0.15, 0.2) is 5.12 Å². The molecule has 0 saturated carbocycles. The molecule has 0 unspecified atom stereocenters. The third-order valence-electron chi connectivity index (χ3n) is 5.74. The maximum atomic E-state index is 13.5. The zero-order valence-electron chi connectivity index (χ0n) is 21.5. The summed E-state index contributed by atoms with van der Waals surface area (Å²) >= 11 is 1.16. The molecule has 2 atom stereocenters. The Balaban J connectivity index is 2.27. The van der Waals surface area contributed by atoms with Crippen LogP contribution in [0.4, 0.5) is 0 Å². The molecule has 0 fully saturated rings. The van der Waals surface area contributed by atoms with Crippen LogP contribution in [0.3, 0.4) is 0 Å². The number of nitrogens with zero attached hydrogens (tertiary/aromatic N) is 1. The van der Waals surface area contributed by atoms with Crippen molar-refractivity contribution >= 4 is 34.6 Å². The van der Waals surface area contributed by atoms with Crippen LogP contribution in [0.5, 0.6) is 0 Å². The Morgan fingerprint density at radius 3 is 2.25 bits per heavy atom. The minimum atomic E-state index is -1.00. The fourth-order valence-corrected chi connectivity index (χ4v) is 4.82. The zero-order valence-corrected chi connectivity index (χ0v) is 22.3. The predicted octanol–water partition coefficient (Wildman–Crippen LogP) is 3.73. The van der Waals surface area contributed by atoms with E-state index in [2.05, 4.69) is 5.32 Å². The molecule has 0 bridgehead atoms. The van der Waals surface area contributed by atoms with Crippen molar-refractivity contribution in [2.75, 3.05) is 7.05 Å². The van der Waals surface area contributed by atoms with Crippen LogP contribution in [0.25, 0.3) is 0 Å². The molecule has 8 heteroatoms. The van der Waals surface area contributed by atoms with Gasteiger partial charge in [-0.3, -0.25) is 24.1 Å². The molecular formula is C28H37N3O4S. The number of nitrogens with two attached hydrogens (primary N) is 1. The number of benzene rings is 2. The highest BCUT2D eigenvalue weighted by atomic mass is 32.2. The fraction of sp³-hybridized carbons (Fsp3) is 0.429. The molecule has 194 valence electrons. The maximum Gasteiger partial charge on any atom is 0.246 e. The summed E-state index contributed by atoms with van der Waals surface area (Å²) in [5, 5.41) is 2.59. The highest BCUT2D eigenvalue weighted by Crippen LogP contribution is 2.25. The Morgan fingerprint density at radius 1 is 1.00 bits per heavy atom. The Labute approximate surface area is 218 Å². The number of imide groups is 1. The van der Waals surface area contributed by atoms with Crippen LogP contribution in [0.1, 0.15) is 51.2 Å². The summed E-state index contributed by atoms with van der Waals surface area (Å²) in [6.45, 7) is 5.42. The highest BCUT2D eigenvalue weighted by molar-refractivity contribution is 8.13. The molecule has 0 aliphatic carbocycles. The third-order valence-corrected chi connectivity index (χ3v) is 6.65. The lowest BCUT2D eigenvalue weighted by molar-refractivity contribution is -0.153. The molecule has 2 aromatic rings. The van der Waals surface area contributed by atoms with Crippen LogP contribution >= 0.6 is 11.8 Å². The van der Waals surface area contributed by atoms with Crippen LogP contribution < -0.4 is 11.1 Å². The summed E-state index contributed by atoms with van der Waals surface area (Å²) < 4.78 is 0. The summed E-state index contributed by atoms with van der Waals surface area (Å²) in [6.07, 6.45) is 1.70. The molecule has 0 heterocycles. The first-order valence-corrected chi connectivity index (χ1v) is 13.1. The number of carbonyl (C=O) groups is 4. The smallest absolute Gasteiger partial charge is 0.246 e. The predicted molar refractivity (Wildman–Crippen MR) is 143 cm³/mol. The molecule has 0 aliphatic rings. The lowest BCUT2D eigenvalue weighted by Crippen LogP contribution is -2.57. The molecule has 36 heavy (non-hydrogen) atoms. The van der Waals surface area contributed by atoms with Crippen LogP contribution in [0, 0.1) is 5.92 Å². The lowest BCUT2D eigenvalue weighted by atomic mass is 9.99. The number of aryl methyl sites for hydroxylation is 1. The quantitative estimate of drug-likeness (QED) is 0.420. The van der Waals surface area contributed by atoms with Gasteiger partial charge in [0.25, 0.3) is 0 Å². The van der Waals surface area contributed by atoms with Crippen LogP contribution in [0.2, 0.25) is 0 Å². The second-order valence-corrected chi connectivity index (χ2v) is 10.4. The molecule has 3 N–H and O–H groups in total. The summed E-state index contributed by atoms with van der Waals surface area (Å²) in [5.41, 5.74) is 8.01. The van der Waals surface area contributed by atoms with Gasteiger partial charge >= 0.3 is 0 Å². The van der Waals surface area contributed by atoms with E-state index in [-0.39, 0.29) is 23.9 Å². The number of carbonyl (C=O) groups excluding carboxylic acids is 4. The molecule has 2 aromatic carbocycles. The van der Waals surface area contributed by atoms with Gasteiger partial charge in [0.2, 0.25) is 17.7 Å². The number of thioether (sulfide) groups is 1. The first-order valence-electron chi connectivity index (χ1n) is 12.3. The zero-order chi connectivity index (χ0) is 26.7. The molecule has 7 nitrogen and oxygen atoms in total. The van der Waals surface area contributed by atoms with Crippen molar-refractivity contribution in [1.29, 1.82) is 0 Å². The largest absolute Gasteiger partial charge is 0.357 e. The minimum absolute atomic E-state index is 0.0104. The second-order valence-electron chi connectivity index (χ2n) is 9.21. The topological polar surface area (TPSA) is 110 Å². The number of nitrogens with one attached hydrogen (secondary N) is 1. The van der Waals surface area contributed by atoms with Crippen molar-refractivity contribution in [1.82, 2.24) is 10.2 Å². The van der Waals surface area contributed by atoms with Crippen molar-refractivity contribution in [2.45, 2.75) is 69.9 Å². The van der Waals surface area contributed by atoms with Crippen LogP contribution in [0.15, 0.2) is 59.5 Å². The van der Waals surface area contributed by atoms with Crippen molar-refractivity contribution in [3.05, 3.63) is 65.7 Å². The van der Waals surface area contributed by atoms with Crippen LogP contribution in [-0.2, 0) is 32.0 Å². The van der Waals surface area contributed by atoms with E-state index >= 15 is 0 Å². The van der Waals surface area contributed by atoms with Gasteiger partial charge in [-0.2, -0.15) is 0 Å². The van der Waals surface area contributed by atoms with E-state index in [0.29, 0.717) is 19.3 Å². The monoisotopic (exact) mass is 511 g/mol. The van der Waals surface area contributed by atoms with Crippen molar-refractivity contribution < 1.29 is 19.2 Å². The van der Waals surface area contributed by atoms with Gasteiger partial charge in [0.1, 0.15) is 6.04 Å². The van der Waals surface area contributed by atoms with Gasteiger partial charge in [-0.15, -0.1) is 0 Å². The van der Waals surface area contributed by atoms with Crippen molar-refractivity contribution in [3.8, 4) is 0 Å². The van der Waals surface area contributed by atoms with Gasteiger partial charge in [0, 0.05) is 31.7 Å². The van der Waals surface area contributed by atoms with Crippen LogP contribution in [-0.4, -0.2) is 46.9 Å². The number of hydrogen-bond donors (Lipinski definition) is 2. The van der Waals surface area contributed by atoms with Crippen molar-refractivity contribution in [3.63, 3.8) is 0 Å². The van der Waals surface area contributed by atoms with E-state index in [1.165, 1.54) is 14.0 Å². The molecule has 2 rings (SSSR count). The van der Waals surface area contributed by atoms with Gasteiger partial charge in [-0.1, -0.05) is 74.1 Å². The third kappa shape index (κ3) is 8.91. The number of amides is 3. The summed E-state index contributed by atoms with van der Waals surface area (Å²) in [5.74, 6) is -1.23. The van der Waals surface area contributed by atoms with Gasteiger partial charge in [-0.05, 0) is 42.4 Å². The maximum absolute atomic E-state index is 13.5. The number of likely N-dealkylation sites (N-methyl/N-ethyl adjacent to an activating group) is 1. The van der Waals surface area contributed by atoms with E-state index in [0.717, 1.165) is 32.7 Å². The molecule has 0 aromatic heterocycles. The fourth-order valence-electron chi connectivity index (χ4n) is 4.06. The second kappa shape index (κ2) is 14.6. The normalized spacial score (nSPS) is 12.6. The first kappa shape index (κ1) is 29.3. The highest BCUT2D eigenvalue weighted by Gasteiger charge is 2.36. The summed E-state index contributed by atoms with van der Waals surface area (Å²) in [7, 11) is 1.49. The number of hydrogen-bond acceptors (Lipinski definition) is 6. The van der Waals surface area contributed by atoms with Gasteiger partial charge in [0.05, 0.1) is 6.04 Å². The molecule has 0 saturated heterocycles. The Hall–Kier alpha value is -2.97. The minimum Gasteiger partial charge on any atom is -0.357 e. The standard InChI is InChI=1S/C28H37N3O4S/c1-19(2)17-23(29)28(35)31(24(27(34)30-4)18-21-11-6-5-7-12-21)26(33)16-10-14-22-13-8-9-15-25(22)36-20(3)32/h5-9,11-13,15,19,23-24H,10,14,16-18,29H2,1-4H3,(H,30,34)/t23-,24-/m0/s1. The summed E-state index contributed by atoms with van der Waals surface area (Å²) in [4.78, 5) is 53.4. The Bertz CT molecular complexity index is 1040. The molecule has 0 radical (unpaired) electrons. The molecule has 0 spiro atoms. The summed E-state index contributed by atoms with van der Waals surface area (Å²) in [6, 6.07) is 15.0. The SMILES string of the molecule is CNC(=O)[C@H](Cc1ccccc1)N(C(=O)CCCc1ccccc1SC(C)=O)C(=O)[C@@H](N)CC(C)C. The number of rotatable bonds is 12.